The highest BCUT2D eigenvalue weighted by Crippen LogP contribution is 2.32. The molecule has 0 aliphatic carbocycles. The number of carbonyl (C=O) groups is 1. The Morgan fingerprint density at radius 2 is 1.56 bits per heavy atom. The maximum Gasteiger partial charge on any atom is 0.433 e. The van der Waals surface area contributed by atoms with E-state index in [0.29, 0.717) is 15.9 Å². The number of hydrogen-bond acceptors (Lipinski definition) is 7. The number of anilines is 2. The Morgan fingerprint density at radius 3 is 2.14 bits per heavy atom. The number of rotatable bonds is 5. The quantitative estimate of drug-likeness (QED) is 0.358. The van der Waals surface area contributed by atoms with E-state index in [-0.39, 0.29) is 38.0 Å². The van der Waals surface area contributed by atoms with Crippen LogP contribution in [0.2, 0.25) is 0 Å². The average Bonchev–Trinajstić information content (AvgIpc) is 3.08. The molecule has 0 bridgehead atoms. The summed E-state index contributed by atoms with van der Waals surface area (Å²) in [7, 11) is -4.02. The first kappa shape index (κ1) is 25.5. The summed E-state index contributed by atoms with van der Waals surface area (Å²) in [6.07, 6.45) is -4.72. The Hall–Kier alpha value is -3.59. The summed E-state index contributed by atoms with van der Waals surface area (Å²) in [5.41, 5.74) is -0.130. The van der Waals surface area contributed by atoms with Crippen LogP contribution in [-0.2, 0) is 16.2 Å². The van der Waals surface area contributed by atoms with Crippen molar-refractivity contribution in [2.45, 2.75) is 31.8 Å². The Labute approximate surface area is 211 Å². The second kappa shape index (κ2) is 9.13. The lowest BCUT2D eigenvalue weighted by Crippen LogP contribution is -2.17. The molecule has 4 rings (SSSR count). The van der Waals surface area contributed by atoms with Gasteiger partial charge in [-0.15, -0.1) is 0 Å². The molecule has 1 aromatic carbocycles. The fraction of sp³-hybridized carbons (Fsp3) is 0.190. The van der Waals surface area contributed by atoms with Crippen molar-refractivity contribution in [3.8, 4) is 0 Å². The summed E-state index contributed by atoms with van der Waals surface area (Å²) in [4.78, 5) is 24.8. The van der Waals surface area contributed by atoms with Gasteiger partial charge < -0.3 is 5.32 Å². The smallest absolute Gasteiger partial charge is 0.321 e. The summed E-state index contributed by atoms with van der Waals surface area (Å²) < 4.78 is 68.4. The van der Waals surface area contributed by atoms with Crippen LogP contribution in [0.15, 0.2) is 45.8 Å². The molecule has 0 aliphatic heterocycles. The van der Waals surface area contributed by atoms with E-state index in [0.717, 1.165) is 6.07 Å². The molecule has 3 heterocycles. The van der Waals surface area contributed by atoms with Crippen molar-refractivity contribution < 1.29 is 26.4 Å². The minimum absolute atomic E-state index is 0.0222. The third-order valence-electron chi connectivity index (χ3n) is 4.80. The van der Waals surface area contributed by atoms with Crippen LogP contribution in [0.5, 0.6) is 0 Å². The lowest BCUT2D eigenvalue weighted by atomic mass is 10.3. The third-order valence-corrected chi connectivity index (χ3v) is 6.87. The molecule has 10 nitrogen and oxygen atoms in total. The Kier molecular flexibility index (Phi) is 6.47. The van der Waals surface area contributed by atoms with Gasteiger partial charge in [0.1, 0.15) is 5.69 Å². The molecule has 4 aromatic rings. The predicted molar refractivity (Wildman–Crippen MR) is 127 cm³/mol. The van der Waals surface area contributed by atoms with Gasteiger partial charge in [0.15, 0.2) is 11.3 Å². The number of carbonyl (C=O) groups excluding carboxylic acids is 1. The van der Waals surface area contributed by atoms with E-state index in [1.165, 1.54) is 31.2 Å². The molecule has 36 heavy (non-hydrogen) atoms. The molecule has 0 spiro atoms. The zero-order chi connectivity index (χ0) is 26.4. The first-order valence-corrected chi connectivity index (χ1v) is 12.4. The van der Waals surface area contributed by atoms with Gasteiger partial charge in [0.05, 0.1) is 9.37 Å². The van der Waals surface area contributed by atoms with Crippen molar-refractivity contribution in [2.24, 2.45) is 0 Å². The monoisotopic (exact) mass is 583 g/mol. The summed E-state index contributed by atoms with van der Waals surface area (Å²) >= 11 is 3.11. The van der Waals surface area contributed by atoms with E-state index >= 15 is 0 Å². The largest absolute Gasteiger partial charge is 0.433 e. The number of amides is 1. The number of benzene rings is 1. The molecule has 2 N–H and O–H groups in total. The predicted octanol–water partition coefficient (Wildman–Crippen LogP) is 4.28. The van der Waals surface area contributed by atoms with Crippen LogP contribution in [0.4, 0.5) is 24.8 Å². The standard InChI is InChI=1S/C21H17BrF3N7O3S/c1-10-8-11(2)28-20(27-10)31-36(34,35)14-6-4-13(5-7-14)29-19(33)17-16(22)18-26-12(3)9-15(21(23,24)25)32(18)30-17/h4-9H,1-3H3,(H,29,33)(H,27,28,31). The van der Waals surface area contributed by atoms with Gasteiger partial charge in [0.25, 0.3) is 15.9 Å². The highest BCUT2D eigenvalue weighted by atomic mass is 79.9. The fourth-order valence-corrected chi connectivity index (χ4v) is 4.78. The van der Waals surface area contributed by atoms with E-state index in [1.807, 2.05) is 0 Å². The van der Waals surface area contributed by atoms with Gasteiger partial charge in [-0.05, 0) is 73.1 Å². The fourth-order valence-electron chi connectivity index (χ4n) is 3.32. The van der Waals surface area contributed by atoms with Crippen molar-refractivity contribution in [3.05, 3.63) is 69.3 Å². The highest BCUT2D eigenvalue weighted by molar-refractivity contribution is 9.10. The molecule has 3 aromatic heterocycles. The molecule has 15 heteroatoms. The zero-order valence-corrected chi connectivity index (χ0v) is 21.2. The minimum Gasteiger partial charge on any atom is -0.321 e. The minimum atomic E-state index is -4.72. The van der Waals surface area contributed by atoms with E-state index < -0.39 is 27.8 Å². The molecule has 0 aliphatic rings. The molecule has 0 unspecified atom stereocenters. The molecule has 0 atom stereocenters. The number of aromatic nitrogens is 5. The van der Waals surface area contributed by atoms with Gasteiger partial charge in [-0.2, -0.15) is 18.3 Å². The normalized spacial score (nSPS) is 12.1. The zero-order valence-electron chi connectivity index (χ0n) is 18.8. The number of hydrogen-bond donors (Lipinski definition) is 2. The number of nitrogens with one attached hydrogen (secondary N) is 2. The van der Waals surface area contributed by atoms with Gasteiger partial charge in [0.2, 0.25) is 5.95 Å². The van der Waals surface area contributed by atoms with Crippen molar-refractivity contribution in [2.75, 3.05) is 10.0 Å². The van der Waals surface area contributed by atoms with Crippen LogP contribution in [0.3, 0.4) is 0 Å². The Balaban J connectivity index is 1.57. The molecule has 188 valence electrons. The first-order valence-electron chi connectivity index (χ1n) is 10.1. The maximum absolute atomic E-state index is 13.4. The van der Waals surface area contributed by atoms with Gasteiger partial charge in [-0.25, -0.2) is 32.6 Å². The molecule has 0 saturated heterocycles. The highest BCUT2D eigenvalue weighted by Gasteiger charge is 2.36. The lowest BCUT2D eigenvalue weighted by Gasteiger charge is -2.09. The Bertz CT molecular complexity index is 1580. The maximum atomic E-state index is 13.4. The molecule has 0 radical (unpaired) electrons. The second-order valence-electron chi connectivity index (χ2n) is 7.74. The van der Waals surface area contributed by atoms with Crippen LogP contribution >= 0.6 is 15.9 Å². The number of nitrogens with zero attached hydrogens (tertiary/aromatic N) is 5. The van der Waals surface area contributed by atoms with E-state index in [2.05, 4.69) is 46.0 Å². The SMILES string of the molecule is Cc1cc(C)nc(NS(=O)(=O)c2ccc(NC(=O)c3nn4c(C(F)(F)F)cc(C)nc4c3Br)cc2)n1. The number of sulfonamides is 1. The van der Waals surface area contributed by atoms with Gasteiger partial charge in [-0.1, -0.05) is 0 Å². The van der Waals surface area contributed by atoms with Crippen LogP contribution in [0.25, 0.3) is 5.65 Å². The summed E-state index contributed by atoms with van der Waals surface area (Å²) in [5, 5.41) is 6.27. The number of fused-ring (bicyclic) bond motifs is 1. The molecular weight excluding hydrogens is 567 g/mol. The van der Waals surface area contributed by atoms with E-state index in [1.54, 1.807) is 19.9 Å². The van der Waals surface area contributed by atoms with Gasteiger partial charge >= 0.3 is 6.18 Å². The Morgan fingerprint density at radius 1 is 0.972 bits per heavy atom. The second-order valence-corrected chi connectivity index (χ2v) is 10.2. The van der Waals surface area contributed by atoms with Gasteiger partial charge in [-0.3, -0.25) is 4.79 Å². The van der Waals surface area contributed by atoms with E-state index in [9.17, 15) is 26.4 Å². The summed E-state index contributed by atoms with van der Waals surface area (Å²) in [6, 6.07) is 7.64. The van der Waals surface area contributed by atoms with Crippen molar-refractivity contribution in [1.82, 2.24) is 24.6 Å². The molecule has 0 saturated carbocycles. The number of halogens is 4. The summed E-state index contributed by atoms with van der Waals surface area (Å²) in [6.45, 7) is 4.80. The molecular formula is C21H17BrF3N7O3S. The first-order chi connectivity index (χ1) is 16.7. The molecule has 0 fully saturated rings. The molecule has 1 amide bonds. The topological polar surface area (TPSA) is 131 Å². The number of alkyl halides is 3. The van der Waals surface area contributed by atoms with Crippen molar-refractivity contribution in [1.29, 1.82) is 0 Å². The van der Waals surface area contributed by atoms with Crippen LogP contribution < -0.4 is 10.0 Å². The average molecular weight is 584 g/mol. The van der Waals surface area contributed by atoms with Gasteiger partial charge in [0, 0.05) is 22.8 Å². The lowest BCUT2D eigenvalue weighted by molar-refractivity contribution is -0.142. The van der Waals surface area contributed by atoms with Crippen LogP contribution in [0, 0.1) is 20.8 Å². The van der Waals surface area contributed by atoms with Crippen molar-refractivity contribution >= 4 is 49.1 Å². The van der Waals surface area contributed by atoms with E-state index in [4.69, 9.17) is 0 Å². The van der Waals surface area contributed by atoms with Crippen LogP contribution in [-0.4, -0.2) is 38.9 Å². The van der Waals surface area contributed by atoms with Crippen molar-refractivity contribution in [3.63, 3.8) is 0 Å². The summed E-state index contributed by atoms with van der Waals surface area (Å²) in [5.74, 6) is -0.904. The number of aryl methyl sites for hydroxylation is 3. The van der Waals surface area contributed by atoms with Crippen LogP contribution in [0.1, 0.15) is 33.3 Å². The third kappa shape index (κ3) is 5.16.